The average molecular weight is 235 g/mol. The van der Waals surface area contributed by atoms with Crippen LogP contribution < -0.4 is 10.2 Å². The summed E-state index contributed by atoms with van der Waals surface area (Å²) in [6.45, 7) is 2.85. The molecule has 17 heavy (non-hydrogen) atoms. The molecule has 0 bridgehead atoms. The highest BCUT2D eigenvalue weighted by molar-refractivity contribution is 5.40. The summed E-state index contributed by atoms with van der Waals surface area (Å²) in [5.41, 5.74) is 1.09. The molecule has 1 aromatic heterocycles. The quantitative estimate of drug-likeness (QED) is 0.856. The Bertz CT molecular complexity index is 356. The molecule has 1 fully saturated rings. The second-order valence-corrected chi connectivity index (χ2v) is 4.46. The maximum Gasteiger partial charge on any atom is 0.128 e. The SMILES string of the molecule is CNCc1cccc(N2CCCC(OC)C2)n1. The maximum atomic E-state index is 5.44. The first-order chi connectivity index (χ1) is 8.33. The Balaban J connectivity index is 2.07. The van der Waals surface area contributed by atoms with E-state index in [0.29, 0.717) is 6.10 Å². The zero-order valence-electron chi connectivity index (χ0n) is 10.6. The van der Waals surface area contributed by atoms with Crippen LogP contribution >= 0.6 is 0 Å². The average Bonchev–Trinajstić information content (AvgIpc) is 2.40. The number of aromatic nitrogens is 1. The van der Waals surface area contributed by atoms with Crippen LogP contribution in [0.1, 0.15) is 18.5 Å². The molecule has 4 heteroatoms. The van der Waals surface area contributed by atoms with E-state index in [1.54, 1.807) is 7.11 Å². The van der Waals surface area contributed by atoms with Gasteiger partial charge < -0.3 is 15.0 Å². The van der Waals surface area contributed by atoms with E-state index in [4.69, 9.17) is 4.74 Å². The van der Waals surface area contributed by atoms with E-state index >= 15 is 0 Å². The standard InChI is InChI=1S/C13H21N3O/c1-14-9-11-5-3-7-13(15-11)16-8-4-6-12(10-16)17-2/h3,5,7,12,14H,4,6,8-10H2,1-2H3. The molecule has 0 aliphatic carbocycles. The summed E-state index contributed by atoms with van der Waals surface area (Å²) in [5, 5.41) is 3.13. The van der Waals surface area contributed by atoms with Gasteiger partial charge in [-0.1, -0.05) is 6.07 Å². The number of piperidine rings is 1. The molecule has 94 valence electrons. The second-order valence-electron chi connectivity index (χ2n) is 4.46. The largest absolute Gasteiger partial charge is 0.380 e. The number of nitrogens with zero attached hydrogens (tertiary/aromatic N) is 2. The van der Waals surface area contributed by atoms with Gasteiger partial charge in [-0.15, -0.1) is 0 Å². The predicted octanol–water partition coefficient (Wildman–Crippen LogP) is 1.42. The zero-order chi connectivity index (χ0) is 12.1. The fourth-order valence-corrected chi connectivity index (χ4v) is 2.26. The van der Waals surface area contributed by atoms with Crippen LogP contribution in [0.3, 0.4) is 0 Å². The summed E-state index contributed by atoms with van der Waals surface area (Å²) in [6.07, 6.45) is 2.68. The first-order valence-electron chi connectivity index (χ1n) is 6.21. The second kappa shape index (κ2) is 5.98. The van der Waals surface area contributed by atoms with E-state index in [-0.39, 0.29) is 0 Å². The summed E-state index contributed by atoms with van der Waals surface area (Å²) >= 11 is 0. The van der Waals surface area contributed by atoms with E-state index in [0.717, 1.165) is 37.6 Å². The van der Waals surface area contributed by atoms with Gasteiger partial charge in [-0.2, -0.15) is 0 Å². The van der Waals surface area contributed by atoms with Crippen molar-refractivity contribution in [1.29, 1.82) is 0 Å². The smallest absolute Gasteiger partial charge is 0.128 e. The summed E-state index contributed by atoms with van der Waals surface area (Å²) in [6, 6.07) is 6.21. The number of pyridine rings is 1. The molecule has 0 spiro atoms. The van der Waals surface area contributed by atoms with Gasteiger partial charge in [-0.05, 0) is 32.0 Å². The first kappa shape index (κ1) is 12.3. The van der Waals surface area contributed by atoms with Crippen molar-refractivity contribution in [2.45, 2.75) is 25.5 Å². The van der Waals surface area contributed by atoms with Crippen LogP contribution in [-0.4, -0.2) is 38.3 Å². The fraction of sp³-hybridized carbons (Fsp3) is 0.615. The maximum absolute atomic E-state index is 5.44. The number of ether oxygens (including phenoxy) is 1. The number of anilines is 1. The van der Waals surface area contributed by atoms with Crippen LogP contribution in [0.4, 0.5) is 5.82 Å². The normalized spacial score (nSPS) is 20.6. The molecule has 1 aliphatic heterocycles. The van der Waals surface area contributed by atoms with Crippen LogP contribution in [0.2, 0.25) is 0 Å². The van der Waals surface area contributed by atoms with Crippen LogP contribution in [-0.2, 0) is 11.3 Å². The topological polar surface area (TPSA) is 37.4 Å². The minimum atomic E-state index is 0.346. The fourth-order valence-electron chi connectivity index (χ4n) is 2.26. The predicted molar refractivity (Wildman–Crippen MR) is 69.2 cm³/mol. The molecule has 1 atom stereocenters. The highest BCUT2D eigenvalue weighted by atomic mass is 16.5. The molecule has 1 saturated heterocycles. The molecule has 1 aliphatic rings. The molecule has 2 heterocycles. The van der Waals surface area contributed by atoms with Gasteiger partial charge in [-0.25, -0.2) is 4.98 Å². The lowest BCUT2D eigenvalue weighted by Gasteiger charge is -2.32. The van der Waals surface area contributed by atoms with Gasteiger partial charge in [0.05, 0.1) is 11.8 Å². The summed E-state index contributed by atoms with van der Waals surface area (Å²) in [5.74, 6) is 1.07. The Kier molecular flexibility index (Phi) is 4.34. The molecular formula is C13H21N3O. The molecule has 0 aromatic carbocycles. The van der Waals surface area contributed by atoms with Crippen molar-refractivity contribution in [1.82, 2.24) is 10.3 Å². The molecule has 0 saturated carbocycles. The van der Waals surface area contributed by atoms with Gasteiger partial charge in [-0.3, -0.25) is 0 Å². The Labute approximate surface area is 103 Å². The Morgan fingerprint density at radius 2 is 2.41 bits per heavy atom. The third-order valence-corrected chi connectivity index (χ3v) is 3.19. The third-order valence-electron chi connectivity index (χ3n) is 3.19. The van der Waals surface area contributed by atoms with E-state index in [1.165, 1.54) is 6.42 Å². The van der Waals surface area contributed by atoms with Gasteiger partial charge in [0.1, 0.15) is 5.82 Å². The zero-order valence-corrected chi connectivity index (χ0v) is 10.6. The highest BCUT2D eigenvalue weighted by Crippen LogP contribution is 2.19. The van der Waals surface area contributed by atoms with Gasteiger partial charge in [0.15, 0.2) is 0 Å². The van der Waals surface area contributed by atoms with E-state index < -0.39 is 0 Å². The number of methoxy groups -OCH3 is 1. The van der Waals surface area contributed by atoms with Crippen LogP contribution in [0.5, 0.6) is 0 Å². The monoisotopic (exact) mass is 235 g/mol. The van der Waals surface area contributed by atoms with Crippen molar-refractivity contribution >= 4 is 5.82 Å². The van der Waals surface area contributed by atoms with Crippen LogP contribution in [0.15, 0.2) is 18.2 Å². The minimum Gasteiger partial charge on any atom is -0.380 e. The lowest BCUT2D eigenvalue weighted by molar-refractivity contribution is 0.0891. The number of hydrogen-bond acceptors (Lipinski definition) is 4. The Morgan fingerprint density at radius 1 is 1.53 bits per heavy atom. The van der Waals surface area contributed by atoms with Crippen molar-refractivity contribution in [3.05, 3.63) is 23.9 Å². The number of hydrogen-bond donors (Lipinski definition) is 1. The summed E-state index contributed by atoms with van der Waals surface area (Å²) < 4.78 is 5.44. The molecule has 0 amide bonds. The molecule has 1 aromatic rings. The van der Waals surface area contributed by atoms with Gasteiger partial charge in [0.2, 0.25) is 0 Å². The minimum absolute atomic E-state index is 0.346. The van der Waals surface area contributed by atoms with Crippen LogP contribution in [0, 0.1) is 0 Å². The first-order valence-corrected chi connectivity index (χ1v) is 6.21. The Morgan fingerprint density at radius 3 is 3.18 bits per heavy atom. The van der Waals surface area contributed by atoms with Gasteiger partial charge >= 0.3 is 0 Å². The van der Waals surface area contributed by atoms with Crippen molar-refractivity contribution in [2.24, 2.45) is 0 Å². The van der Waals surface area contributed by atoms with E-state index in [9.17, 15) is 0 Å². The molecule has 2 rings (SSSR count). The number of nitrogens with one attached hydrogen (secondary N) is 1. The lowest BCUT2D eigenvalue weighted by Crippen LogP contribution is -2.39. The van der Waals surface area contributed by atoms with E-state index in [1.807, 2.05) is 7.05 Å². The van der Waals surface area contributed by atoms with Crippen molar-refractivity contribution in [3.63, 3.8) is 0 Å². The van der Waals surface area contributed by atoms with E-state index in [2.05, 4.69) is 33.4 Å². The lowest BCUT2D eigenvalue weighted by atomic mass is 10.1. The van der Waals surface area contributed by atoms with Crippen molar-refractivity contribution < 1.29 is 4.74 Å². The van der Waals surface area contributed by atoms with Crippen molar-refractivity contribution in [3.8, 4) is 0 Å². The molecule has 4 nitrogen and oxygen atoms in total. The molecule has 1 N–H and O–H groups in total. The van der Waals surface area contributed by atoms with Gasteiger partial charge in [0.25, 0.3) is 0 Å². The molecule has 0 radical (unpaired) electrons. The van der Waals surface area contributed by atoms with Gasteiger partial charge in [0, 0.05) is 26.7 Å². The number of rotatable bonds is 4. The summed E-state index contributed by atoms with van der Waals surface area (Å²) in [4.78, 5) is 6.98. The molecular weight excluding hydrogens is 214 g/mol. The third kappa shape index (κ3) is 3.17. The summed E-state index contributed by atoms with van der Waals surface area (Å²) in [7, 11) is 3.73. The molecule has 1 unspecified atom stereocenters. The Hall–Kier alpha value is -1.13. The van der Waals surface area contributed by atoms with Crippen molar-refractivity contribution in [2.75, 3.05) is 32.1 Å². The van der Waals surface area contributed by atoms with Crippen LogP contribution in [0.25, 0.3) is 0 Å². The highest BCUT2D eigenvalue weighted by Gasteiger charge is 2.20.